The maximum absolute atomic E-state index is 13.1. The van der Waals surface area contributed by atoms with E-state index in [1.807, 2.05) is 24.3 Å². The number of phenolic OH excluding ortho intramolecular Hbond substituents is 1. The number of thioether (sulfide) groups is 1. The van der Waals surface area contributed by atoms with Crippen molar-refractivity contribution in [2.45, 2.75) is 32.4 Å². The van der Waals surface area contributed by atoms with Crippen molar-refractivity contribution in [2.24, 2.45) is 10.1 Å². The Kier molecular flexibility index (Phi) is 5.94. The Morgan fingerprint density at radius 2 is 2.07 bits per heavy atom. The van der Waals surface area contributed by atoms with E-state index in [9.17, 15) is 9.90 Å². The molecule has 1 atom stereocenters. The molecule has 7 nitrogen and oxygen atoms in total. The molecule has 0 spiro atoms. The van der Waals surface area contributed by atoms with Crippen LogP contribution in [0.4, 0.5) is 0 Å². The van der Waals surface area contributed by atoms with Crippen LogP contribution in [0.25, 0.3) is 5.70 Å². The van der Waals surface area contributed by atoms with E-state index in [0.29, 0.717) is 16.6 Å². The smallest absolute Gasteiger partial charge is 0.276 e. The molecule has 0 saturated heterocycles. The van der Waals surface area contributed by atoms with Crippen molar-refractivity contribution in [3.63, 3.8) is 0 Å². The summed E-state index contributed by atoms with van der Waals surface area (Å²) in [6, 6.07) is 12.6. The van der Waals surface area contributed by atoms with E-state index < -0.39 is 6.17 Å². The van der Waals surface area contributed by atoms with Crippen LogP contribution >= 0.6 is 11.8 Å². The zero-order valence-electron chi connectivity index (χ0n) is 17.0. The minimum Gasteiger partial charge on any atom is -0.504 e. The molecule has 2 aliphatic rings. The topological polar surface area (TPSA) is 86.5 Å². The number of carbonyl (C=O) groups excluding carboxylic acids is 1. The number of phenols is 1. The third-order valence-electron chi connectivity index (χ3n) is 5.00. The summed E-state index contributed by atoms with van der Waals surface area (Å²) >= 11 is 1.54. The van der Waals surface area contributed by atoms with Gasteiger partial charge in [-0.25, -0.2) is 5.01 Å². The van der Waals surface area contributed by atoms with E-state index in [1.165, 1.54) is 7.11 Å². The largest absolute Gasteiger partial charge is 0.504 e. The number of nitrogens with zero attached hydrogens (tertiary/aromatic N) is 3. The number of nitrogens with one attached hydrogen (secondary N) is 1. The zero-order chi connectivity index (χ0) is 21.1. The Morgan fingerprint density at radius 1 is 1.23 bits per heavy atom. The number of hydrazone groups is 1. The van der Waals surface area contributed by atoms with Gasteiger partial charge < -0.3 is 9.84 Å². The number of benzene rings is 2. The quantitative estimate of drug-likeness (QED) is 0.696. The highest BCUT2D eigenvalue weighted by molar-refractivity contribution is 8.13. The highest BCUT2D eigenvalue weighted by Crippen LogP contribution is 2.35. The molecule has 2 aromatic rings. The molecule has 2 aromatic carbocycles. The Bertz CT molecular complexity index is 1120. The molecule has 0 bridgehead atoms. The minimum absolute atomic E-state index is 0.0497. The Hall–Kier alpha value is -3.00. The molecule has 1 amide bonds. The molecule has 2 aliphatic heterocycles. The van der Waals surface area contributed by atoms with Crippen molar-refractivity contribution >= 4 is 28.5 Å². The van der Waals surface area contributed by atoms with Crippen molar-refractivity contribution in [1.82, 2.24) is 10.3 Å². The predicted molar refractivity (Wildman–Crippen MR) is 117 cm³/mol. The van der Waals surface area contributed by atoms with Crippen LogP contribution in [0.5, 0.6) is 11.5 Å². The summed E-state index contributed by atoms with van der Waals surface area (Å²) in [5, 5.41) is 21.4. The molecule has 0 saturated carbocycles. The van der Waals surface area contributed by atoms with Gasteiger partial charge in [-0.05, 0) is 24.6 Å². The number of ether oxygens (including phenoxy) is 1. The summed E-state index contributed by atoms with van der Waals surface area (Å²) in [6.45, 7) is 2.16. The average Bonchev–Trinajstić information content (AvgIpc) is 2.76. The monoisotopic (exact) mass is 424 g/mol. The molecule has 4 rings (SSSR count). The van der Waals surface area contributed by atoms with Crippen LogP contribution in [0.1, 0.15) is 37.9 Å². The third kappa shape index (κ3) is 3.87. The van der Waals surface area contributed by atoms with E-state index in [1.54, 1.807) is 35.0 Å². The Balaban J connectivity index is 1.79. The van der Waals surface area contributed by atoms with Crippen molar-refractivity contribution < 1.29 is 14.6 Å². The number of hydrogen-bond acceptors (Lipinski definition) is 7. The standard InChI is InChI=1S/C22H24N4O3S/c1-3-4-7-12-30-22-24-21(28)19-15-8-5-6-9-16(15)23-20(26(19)25-22)14-10-11-17(27)18(13-14)29-2/h5-6,8-11,13,20,27H,3-4,7,12H2,1-2H3,(H,24,25,28). The van der Waals surface area contributed by atoms with Crippen molar-refractivity contribution in [1.29, 1.82) is 0 Å². The van der Waals surface area contributed by atoms with Crippen LogP contribution in [0, 0.1) is 0 Å². The normalized spacial score (nSPS) is 17.5. The molecule has 30 heavy (non-hydrogen) atoms. The third-order valence-corrected chi connectivity index (χ3v) is 5.95. The van der Waals surface area contributed by atoms with Crippen LogP contribution in [0.3, 0.4) is 0 Å². The first-order chi connectivity index (χ1) is 14.6. The van der Waals surface area contributed by atoms with Gasteiger partial charge in [-0.2, -0.15) is 0 Å². The Labute approximate surface area is 179 Å². The summed E-state index contributed by atoms with van der Waals surface area (Å²) in [5.41, 5.74) is 1.24. The zero-order valence-corrected chi connectivity index (χ0v) is 17.8. The number of rotatable bonds is 6. The summed E-state index contributed by atoms with van der Waals surface area (Å²) in [5.74, 6) is 1.10. The molecule has 2 N–H and O–H groups in total. The number of unbranched alkanes of at least 4 members (excludes halogenated alkanes) is 2. The lowest BCUT2D eigenvalue weighted by Gasteiger charge is -2.34. The summed E-state index contributed by atoms with van der Waals surface area (Å²) < 4.78 is 5.26. The number of fused-ring (bicyclic) bond motifs is 2. The number of para-hydroxylation sites is 1. The molecule has 2 heterocycles. The molecular weight excluding hydrogens is 400 g/mol. The van der Waals surface area contributed by atoms with E-state index in [4.69, 9.17) is 14.8 Å². The van der Waals surface area contributed by atoms with Gasteiger partial charge >= 0.3 is 0 Å². The highest BCUT2D eigenvalue weighted by Gasteiger charge is 2.34. The number of aromatic hydroxyl groups is 1. The van der Waals surface area contributed by atoms with Crippen molar-refractivity contribution in [3.05, 3.63) is 58.6 Å². The van der Waals surface area contributed by atoms with Gasteiger partial charge in [0, 0.05) is 16.5 Å². The van der Waals surface area contributed by atoms with Gasteiger partial charge in [-0.15, -0.1) is 5.10 Å². The first kappa shape index (κ1) is 20.3. The predicted octanol–water partition coefficient (Wildman–Crippen LogP) is 2.47. The number of carbonyl (C=O) groups is 1. The van der Waals surface area contributed by atoms with Gasteiger partial charge in [-0.1, -0.05) is 55.8 Å². The fourth-order valence-electron chi connectivity index (χ4n) is 3.49. The fourth-order valence-corrected chi connectivity index (χ4v) is 4.34. The maximum Gasteiger partial charge on any atom is 0.276 e. The van der Waals surface area contributed by atoms with E-state index >= 15 is 0 Å². The second-order valence-electron chi connectivity index (χ2n) is 7.06. The molecule has 0 aromatic heterocycles. The SMILES string of the molecule is CCCCCSC1=NN2C(=c3ccccc3=NC2c2ccc(O)c(OC)c2)C(=O)N1. The first-order valence-corrected chi connectivity index (χ1v) is 11.0. The van der Waals surface area contributed by atoms with Crippen LogP contribution in [0.2, 0.25) is 0 Å². The van der Waals surface area contributed by atoms with Crippen LogP contribution in [0.15, 0.2) is 52.6 Å². The summed E-state index contributed by atoms with van der Waals surface area (Å²) in [7, 11) is 1.50. The van der Waals surface area contributed by atoms with Gasteiger partial charge in [-0.3, -0.25) is 15.1 Å². The summed E-state index contributed by atoms with van der Waals surface area (Å²) in [6.07, 6.45) is 2.82. The Morgan fingerprint density at radius 3 is 2.87 bits per heavy atom. The van der Waals surface area contributed by atoms with Gasteiger partial charge in [0.25, 0.3) is 5.91 Å². The van der Waals surface area contributed by atoms with Crippen LogP contribution in [-0.4, -0.2) is 34.1 Å². The molecular formula is C22H24N4O3S. The van der Waals surface area contributed by atoms with E-state index in [-0.39, 0.29) is 11.7 Å². The average molecular weight is 425 g/mol. The molecule has 0 radical (unpaired) electrons. The second-order valence-corrected chi connectivity index (χ2v) is 8.14. The number of amidine groups is 1. The van der Waals surface area contributed by atoms with Crippen molar-refractivity contribution in [2.75, 3.05) is 12.9 Å². The molecule has 8 heteroatoms. The molecule has 156 valence electrons. The lowest BCUT2D eigenvalue weighted by molar-refractivity contribution is -0.116. The number of amides is 1. The van der Waals surface area contributed by atoms with Gasteiger partial charge in [0.2, 0.25) is 0 Å². The molecule has 1 unspecified atom stereocenters. The first-order valence-electron chi connectivity index (χ1n) is 9.98. The van der Waals surface area contributed by atoms with E-state index in [0.717, 1.165) is 41.2 Å². The summed E-state index contributed by atoms with van der Waals surface area (Å²) in [4.78, 5) is 17.9. The lowest BCUT2D eigenvalue weighted by Crippen LogP contribution is -2.50. The van der Waals surface area contributed by atoms with Gasteiger partial charge in [0.05, 0.1) is 12.5 Å². The van der Waals surface area contributed by atoms with E-state index in [2.05, 4.69) is 12.2 Å². The van der Waals surface area contributed by atoms with Crippen molar-refractivity contribution in [3.8, 4) is 11.5 Å². The second kappa shape index (κ2) is 8.79. The maximum atomic E-state index is 13.1. The lowest BCUT2D eigenvalue weighted by atomic mass is 10.1. The fraction of sp³-hybridized carbons (Fsp3) is 0.318. The van der Waals surface area contributed by atoms with Crippen LogP contribution in [-0.2, 0) is 4.79 Å². The van der Waals surface area contributed by atoms with Gasteiger partial charge in [0.1, 0.15) is 5.70 Å². The van der Waals surface area contributed by atoms with Crippen LogP contribution < -0.4 is 20.6 Å². The molecule has 0 aliphatic carbocycles. The minimum atomic E-state index is -0.540. The molecule has 0 fully saturated rings. The number of hydrogen-bond donors (Lipinski definition) is 2. The number of methoxy groups -OCH3 is 1. The van der Waals surface area contributed by atoms with Gasteiger partial charge in [0.15, 0.2) is 22.8 Å². The highest BCUT2D eigenvalue weighted by atomic mass is 32.2.